The molecule has 0 aliphatic carbocycles. The summed E-state index contributed by atoms with van der Waals surface area (Å²) in [7, 11) is 0. The van der Waals surface area contributed by atoms with Crippen LogP contribution in [0.2, 0.25) is 0 Å². The third-order valence-electron chi connectivity index (χ3n) is 3.83. The minimum Gasteiger partial charge on any atom is -0.481 e. The van der Waals surface area contributed by atoms with Crippen molar-refractivity contribution in [3.05, 3.63) is 0 Å². The predicted octanol–water partition coefficient (Wildman–Crippen LogP) is 2.07. The molecule has 1 aliphatic heterocycles. The molecule has 5 nitrogen and oxygen atoms in total. The molecule has 0 bridgehead atoms. The van der Waals surface area contributed by atoms with Crippen molar-refractivity contribution >= 4 is 12.0 Å². The van der Waals surface area contributed by atoms with Crippen molar-refractivity contribution in [2.75, 3.05) is 13.1 Å². The molecule has 1 fully saturated rings. The number of urea groups is 1. The fraction of sp³-hybridized carbons (Fsp3) is 0.733. The number of rotatable bonds is 4. The predicted molar refractivity (Wildman–Crippen MR) is 77.2 cm³/mol. The van der Waals surface area contributed by atoms with Crippen LogP contribution < -0.4 is 5.32 Å². The minimum absolute atomic E-state index is 0.253. The summed E-state index contributed by atoms with van der Waals surface area (Å²) in [6, 6.07) is -0.283. The van der Waals surface area contributed by atoms with Gasteiger partial charge in [0.2, 0.25) is 0 Å². The molecule has 1 saturated heterocycles. The Morgan fingerprint density at radius 3 is 2.65 bits per heavy atom. The van der Waals surface area contributed by atoms with E-state index in [1.54, 1.807) is 18.7 Å². The van der Waals surface area contributed by atoms with Gasteiger partial charge in [-0.2, -0.15) is 0 Å². The molecule has 20 heavy (non-hydrogen) atoms. The van der Waals surface area contributed by atoms with E-state index in [0.29, 0.717) is 25.8 Å². The van der Waals surface area contributed by atoms with E-state index >= 15 is 0 Å². The normalized spacial score (nSPS) is 23.0. The molecule has 1 rings (SSSR count). The number of hydrogen-bond donors (Lipinski definition) is 2. The van der Waals surface area contributed by atoms with Gasteiger partial charge in [-0.3, -0.25) is 4.79 Å². The number of likely N-dealkylation sites (tertiary alicyclic amines) is 1. The molecule has 1 aliphatic rings. The number of carboxylic acids is 1. The van der Waals surface area contributed by atoms with Crippen molar-refractivity contribution in [1.82, 2.24) is 10.2 Å². The lowest BCUT2D eigenvalue weighted by Crippen LogP contribution is -2.56. The van der Waals surface area contributed by atoms with Gasteiger partial charge in [0.15, 0.2) is 0 Å². The molecule has 0 aromatic rings. The third kappa shape index (κ3) is 3.66. The number of amides is 2. The average molecular weight is 280 g/mol. The quantitative estimate of drug-likeness (QED) is 0.775. The Balaban J connectivity index is 2.81. The second-order valence-electron chi connectivity index (χ2n) is 6.06. The monoisotopic (exact) mass is 280 g/mol. The van der Waals surface area contributed by atoms with Gasteiger partial charge in [0.05, 0.1) is 11.0 Å². The van der Waals surface area contributed by atoms with Crippen LogP contribution >= 0.6 is 0 Å². The van der Waals surface area contributed by atoms with E-state index in [1.165, 1.54) is 0 Å². The molecule has 112 valence electrons. The van der Waals surface area contributed by atoms with Crippen LogP contribution in [0.3, 0.4) is 0 Å². The maximum atomic E-state index is 12.2. The van der Waals surface area contributed by atoms with Gasteiger partial charge >= 0.3 is 12.0 Å². The summed E-state index contributed by atoms with van der Waals surface area (Å²) >= 11 is 0. The first-order chi connectivity index (χ1) is 9.26. The Labute approximate surface area is 120 Å². The molecule has 0 radical (unpaired) electrons. The Morgan fingerprint density at radius 1 is 1.50 bits per heavy atom. The van der Waals surface area contributed by atoms with Crippen molar-refractivity contribution in [2.45, 2.75) is 52.0 Å². The number of nitrogens with one attached hydrogen (secondary N) is 1. The van der Waals surface area contributed by atoms with Crippen LogP contribution in [-0.4, -0.2) is 40.6 Å². The lowest BCUT2D eigenvalue weighted by molar-refractivity contribution is -0.152. The molecule has 1 heterocycles. The van der Waals surface area contributed by atoms with Gasteiger partial charge in [0.1, 0.15) is 0 Å². The van der Waals surface area contributed by atoms with E-state index in [9.17, 15) is 14.7 Å². The first-order valence-electron chi connectivity index (χ1n) is 7.04. The number of carbonyl (C=O) groups is 2. The van der Waals surface area contributed by atoms with Gasteiger partial charge in [0, 0.05) is 13.1 Å². The second-order valence-corrected chi connectivity index (χ2v) is 6.06. The van der Waals surface area contributed by atoms with Crippen LogP contribution in [0.1, 0.15) is 46.5 Å². The summed E-state index contributed by atoms with van der Waals surface area (Å²) in [4.78, 5) is 25.4. The Bertz CT molecular complexity index is 421. The standard InChI is InChI=1S/C15H24N2O3/c1-5-8-15(12(18)19)9-7-10-17(11-15)13(20)16-14(3,4)6-2/h2H,5,7-11H2,1,3-4H3,(H,16,20)(H,18,19). The van der Waals surface area contributed by atoms with Crippen LogP contribution in [0.4, 0.5) is 4.79 Å². The van der Waals surface area contributed by atoms with Crippen LogP contribution in [0.5, 0.6) is 0 Å². The number of carbonyl (C=O) groups excluding carboxylic acids is 1. The summed E-state index contributed by atoms with van der Waals surface area (Å²) in [6.07, 6.45) is 8.06. The highest BCUT2D eigenvalue weighted by Crippen LogP contribution is 2.35. The summed E-state index contributed by atoms with van der Waals surface area (Å²) in [6.45, 7) is 6.27. The zero-order chi connectivity index (χ0) is 15.4. The zero-order valence-electron chi connectivity index (χ0n) is 12.5. The number of nitrogens with zero attached hydrogens (tertiary/aromatic N) is 1. The van der Waals surface area contributed by atoms with Crippen molar-refractivity contribution in [1.29, 1.82) is 0 Å². The largest absolute Gasteiger partial charge is 0.481 e. The molecule has 0 aromatic heterocycles. The van der Waals surface area contributed by atoms with Crippen molar-refractivity contribution in [2.24, 2.45) is 5.41 Å². The zero-order valence-corrected chi connectivity index (χ0v) is 12.5. The maximum Gasteiger partial charge on any atom is 0.318 e. The topological polar surface area (TPSA) is 69.6 Å². The molecule has 1 atom stereocenters. The highest BCUT2D eigenvalue weighted by molar-refractivity contribution is 5.79. The number of piperidine rings is 1. The number of hydrogen-bond acceptors (Lipinski definition) is 2. The lowest BCUT2D eigenvalue weighted by atomic mass is 9.76. The van der Waals surface area contributed by atoms with E-state index in [0.717, 1.165) is 6.42 Å². The molecular weight excluding hydrogens is 256 g/mol. The van der Waals surface area contributed by atoms with Gasteiger partial charge in [0.25, 0.3) is 0 Å². The highest BCUT2D eigenvalue weighted by atomic mass is 16.4. The molecule has 2 amide bonds. The summed E-state index contributed by atoms with van der Waals surface area (Å²) in [5.74, 6) is 1.69. The fourth-order valence-corrected chi connectivity index (χ4v) is 2.65. The van der Waals surface area contributed by atoms with Crippen molar-refractivity contribution < 1.29 is 14.7 Å². The second kappa shape index (κ2) is 6.17. The van der Waals surface area contributed by atoms with Gasteiger partial charge in [-0.1, -0.05) is 19.3 Å². The van der Waals surface area contributed by atoms with Gasteiger partial charge in [-0.05, 0) is 33.1 Å². The SMILES string of the molecule is C#CC(C)(C)NC(=O)N1CCCC(CCC)(C(=O)O)C1. The van der Waals surface area contributed by atoms with E-state index in [4.69, 9.17) is 6.42 Å². The molecular formula is C15H24N2O3. The lowest BCUT2D eigenvalue weighted by Gasteiger charge is -2.40. The first kappa shape index (κ1) is 16.4. The molecule has 1 unspecified atom stereocenters. The summed E-state index contributed by atoms with van der Waals surface area (Å²) in [5, 5.41) is 12.3. The number of carboxylic acid groups (broad SMARTS) is 1. The van der Waals surface area contributed by atoms with Crippen molar-refractivity contribution in [3.8, 4) is 12.3 Å². The van der Waals surface area contributed by atoms with Gasteiger partial charge < -0.3 is 15.3 Å². The summed E-state index contributed by atoms with van der Waals surface area (Å²) in [5.41, 5.74) is -1.55. The van der Waals surface area contributed by atoms with E-state index in [2.05, 4.69) is 11.2 Å². The fourth-order valence-electron chi connectivity index (χ4n) is 2.65. The van der Waals surface area contributed by atoms with Gasteiger partial charge in [-0.25, -0.2) is 4.79 Å². The highest BCUT2D eigenvalue weighted by Gasteiger charge is 2.43. The average Bonchev–Trinajstić information content (AvgIpc) is 2.38. The van der Waals surface area contributed by atoms with Crippen LogP contribution in [-0.2, 0) is 4.79 Å². The van der Waals surface area contributed by atoms with E-state index in [1.807, 2.05) is 6.92 Å². The minimum atomic E-state index is -0.815. The van der Waals surface area contributed by atoms with Crippen LogP contribution in [0.25, 0.3) is 0 Å². The van der Waals surface area contributed by atoms with Crippen molar-refractivity contribution in [3.63, 3.8) is 0 Å². The van der Waals surface area contributed by atoms with Crippen LogP contribution in [0.15, 0.2) is 0 Å². The maximum absolute atomic E-state index is 12.2. The number of aliphatic carboxylic acids is 1. The molecule has 5 heteroatoms. The summed E-state index contributed by atoms with van der Waals surface area (Å²) < 4.78 is 0. The molecule has 0 spiro atoms. The van der Waals surface area contributed by atoms with E-state index in [-0.39, 0.29) is 12.6 Å². The number of terminal acetylenes is 1. The molecule has 0 aromatic carbocycles. The Morgan fingerprint density at radius 2 is 2.15 bits per heavy atom. The molecule has 0 saturated carbocycles. The van der Waals surface area contributed by atoms with E-state index < -0.39 is 16.9 Å². The van der Waals surface area contributed by atoms with Crippen LogP contribution in [0, 0.1) is 17.8 Å². The van der Waals surface area contributed by atoms with Gasteiger partial charge in [-0.15, -0.1) is 6.42 Å². The third-order valence-corrected chi connectivity index (χ3v) is 3.83. The smallest absolute Gasteiger partial charge is 0.318 e. The first-order valence-corrected chi connectivity index (χ1v) is 7.04. The molecule has 2 N–H and O–H groups in total. The Kier molecular flexibility index (Phi) is 5.04. The Hall–Kier alpha value is -1.70.